The number of hydrogen-bond acceptors (Lipinski definition) is 0. The molecule has 0 aliphatic carbocycles. The van der Waals surface area contributed by atoms with Crippen LogP contribution < -0.4 is 0 Å². The molecule has 0 radical (unpaired) electrons. The summed E-state index contributed by atoms with van der Waals surface area (Å²) in [5.41, 5.74) is 15.8. The van der Waals surface area contributed by atoms with Crippen molar-refractivity contribution in [1.82, 2.24) is 13.5 Å². The molecule has 0 amide bonds. The smallest absolute Gasteiger partial charge is 0.0620 e. The van der Waals surface area contributed by atoms with Gasteiger partial charge >= 0.3 is 0 Å². The van der Waals surface area contributed by atoms with Crippen LogP contribution in [-0.4, -0.2) is 13.5 Å². The van der Waals surface area contributed by atoms with E-state index in [1.54, 1.807) is 0 Å². The SMILES string of the molecule is c1ccc2c(c1)c1ccccc1c1cc(-n3c4ccccc4c4cc(-c5ccc6c(c5)c5ccccc5n6-c5ccc(-c6ccc7c8cccc9c%10ccccc%10n(c7c6)c98)cc5)ccc43)ccc21. The summed E-state index contributed by atoms with van der Waals surface area (Å²) in [7, 11) is 0. The Morgan fingerprint density at radius 1 is 0.188 bits per heavy atom. The zero-order valence-corrected chi connectivity index (χ0v) is 37.4. The first-order chi connectivity index (χ1) is 34.2. The molecule has 3 nitrogen and oxygen atoms in total. The quantitative estimate of drug-likeness (QED) is 0.156. The Hall–Kier alpha value is -9.18. The molecule has 0 N–H and O–H groups in total. The predicted molar refractivity (Wildman–Crippen MR) is 293 cm³/mol. The van der Waals surface area contributed by atoms with Crippen LogP contribution >= 0.6 is 0 Å². The van der Waals surface area contributed by atoms with Crippen LogP contribution in [0.1, 0.15) is 0 Å². The highest BCUT2D eigenvalue weighted by atomic mass is 15.0. The molecule has 0 saturated heterocycles. The summed E-state index contributed by atoms with van der Waals surface area (Å²) in [6, 6.07) is 88.0. The van der Waals surface area contributed by atoms with Gasteiger partial charge < -0.3 is 13.5 Å². The zero-order valence-electron chi connectivity index (χ0n) is 37.4. The van der Waals surface area contributed by atoms with E-state index in [2.05, 4.69) is 250 Å². The molecule has 0 aliphatic rings. The molecule has 0 unspecified atom stereocenters. The number of aromatic nitrogens is 3. The van der Waals surface area contributed by atoms with E-state index in [9.17, 15) is 0 Å². The molecular formula is C66H39N3. The highest BCUT2D eigenvalue weighted by Gasteiger charge is 2.20. The van der Waals surface area contributed by atoms with Gasteiger partial charge in [-0.25, -0.2) is 0 Å². The minimum Gasteiger partial charge on any atom is -0.309 e. The van der Waals surface area contributed by atoms with Crippen LogP contribution in [0.4, 0.5) is 0 Å². The van der Waals surface area contributed by atoms with Gasteiger partial charge in [0.15, 0.2) is 0 Å². The molecule has 16 rings (SSSR count). The topological polar surface area (TPSA) is 14.3 Å². The van der Waals surface area contributed by atoms with Gasteiger partial charge in [0.1, 0.15) is 0 Å². The maximum atomic E-state index is 2.46. The molecule has 0 fully saturated rings. The Labute approximate surface area is 395 Å². The average Bonchev–Trinajstić information content (AvgIpc) is 4.15. The van der Waals surface area contributed by atoms with Crippen LogP contribution in [-0.2, 0) is 0 Å². The number of hydrogen-bond donors (Lipinski definition) is 0. The second kappa shape index (κ2) is 13.7. The van der Waals surface area contributed by atoms with E-state index >= 15 is 0 Å². The van der Waals surface area contributed by atoms with Gasteiger partial charge in [0, 0.05) is 54.5 Å². The van der Waals surface area contributed by atoms with Crippen molar-refractivity contribution in [3.63, 3.8) is 0 Å². The summed E-state index contributed by atoms with van der Waals surface area (Å²) in [5, 5.41) is 17.9. The summed E-state index contributed by atoms with van der Waals surface area (Å²) in [4.78, 5) is 0. The molecule has 0 aliphatic heterocycles. The second-order valence-corrected chi connectivity index (χ2v) is 18.8. The minimum absolute atomic E-state index is 1.15. The molecule has 4 heterocycles. The molecule has 318 valence electrons. The minimum atomic E-state index is 1.15. The Morgan fingerprint density at radius 3 is 1.16 bits per heavy atom. The van der Waals surface area contributed by atoms with Gasteiger partial charge in [0.05, 0.1) is 38.6 Å². The van der Waals surface area contributed by atoms with E-state index in [1.165, 1.54) is 142 Å². The number of benzene rings is 12. The van der Waals surface area contributed by atoms with E-state index < -0.39 is 0 Å². The number of fused-ring (bicyclic) bond motifs is 18. The van der Waals surface area contributed by atoms with Crippen molar-refractivity contribution in [3.05, 3.63) is 237 Å². The van der Waals surface area contributed by atoms with Gasteiger partial charge in [-0.1, -0.05) is 164 Å². The molecule has 0 bridgehead atoms. The average molecular weight is 874 g/mol. The molecule has 4 aromatic heterocycles. The van der Waals surface area contributed by atoms with Crippen molar-refractivity contribution < 1.29 is 0 Å². The fourth-order valence-electron chi connectivity index (χ4n) is 12.3. The number of nitrogens with zero attached hydrogens (tertiary/aromatic N) is 3. The summed E-state index contributed by atoms with van der Waals surface area (Å²) in [5.74, 6) is 0. The van der Waals surface area contributed by atoms with Crippen molar-refractivity contribution in [2.24, 2.45) is 0 Å². The predicted octanol–water partition coefficient (Wildman–Crippen LogP) is 17.8. The highest BCUT2D eigenvalue weighted by Crippen LogP contribution is 2.43. The lowest BCUT2D eigenvalue weighted by atomic mass is 9.94. The van der Waals surface area contributed by atoms with Crippen LogP contribution in [0.25, 0.3) is 148 Å². The Kier molecular flexibility index (Phi) is 7.34. The van der Waals surface area contributed by atoms with Gasteiger partial charge in [0.25, 0.3) is 0 Å². The van der Waals surface area contributed by atoms with Crippen LogP contribution in [0, 0.1) is 0 Å². The molecule has 3 heteroatoms. The maximum Gasteiger partial charge on any atom is 0.0620 e. The Balaban J connectivity index is 0.801. The van der Waals surface area contributed by atoms with Crippen molar-refractivity contribution in [2.75, 3.05) is 0 Å². The van der Waals surface area contributed by atoms with Crippen molar-refractivity contribution in [2.45, 2.75) is 0 Å². The summed E-state index contributed by atoms with van der Waals surface area (Å²) in [6.07, 6.45) is 0. The second-order valence-electron chi connectivity index (χ2n) is 18.8. The standard InChI is InChI=1S/C66H39N3/c1-2-14-48-46(12-1)47-13-3-4-15-49(47)57-39-45(31-33-50(48)57)68-61-22-9-7-18-53(61)59-37-42(28-35-64(59)68)41-27-34-63-58(36-41)52-17-6-8-21-60(52)67(63)44-29-24-40(25-30-44)43-26-32-54-56-20-11-19-55-51-16-5-10-23-62(51)69(66(55)56)65(54)38-43/h1-39H. The molecule has 0 saturated carbocycles. The van der Waals surface area contributed by atoms with Gasteiger partial charge in [-0.3, -0.25) is 0 Å². The first kappa shape index (κ1) is 37.0. The molecule has 0 spiro atoms. The highest BCUT2D eigenvalue weighted by molar-refractivity contribution is 6.26. The molecule has 69 heavy (non-hydrogen) atoms. The Morgan fingerprint density at radius 2 is 0.565 bits per heavy atom. The lowest BCUT2D eigenvalue weighted by Gasteiger charge is -2.14. The van der Waals surface area contributed by atoms with E-state index in [0.717, 1.165) is 5.69 Å². The normalized spacial score (nSPS) is 12.3. The fraction of sp³-hybridized carbons (Fsp3) is 0. The summed E-state index contributed by atoms with van der Waals surface area (Å²) >= 11 is 0. The lowest BCUT2D eigenvalue weighted by Crippen LogP contribution is -1.94. The van der Waals surface area contributed by atoms with Crippen LogP contribution in [0.2, 0.25) is 0 Å². The van der Waals surface area contributed by atoms with Gasteiger partial charge in [-0.15, -0.1) is 0 Å². The van der Waals surface area contributed by atoms with Crippen molar-refractivity contribution >= 4 is 114 Å². The molecule has 0 atom stereocenters. The van der Waals surface area contributed by atoms with E-state index in [-0.39, 0.29) is 0 Å². The molecular weight excluding hydrogens is 835 g/mol. The number of para-hydroxylation sites is 4. The summed E-state index contributed by atoms with van der Waals surface area (Å²) < 4.78 is 7.33. The third-order valence-corrected chi connectivity index (χ3v) is 15.3. The largest absolute Gasteiger partial charge is 0.309 e. The molecule has 16 aromatic rings. The fourth-order valence-corrected chi connectivity index (χ4v) is 12.3. The van der Waals surface area contributed by atoms with E-state index in [4.69, 9.17) is 0 Å². The first-order valence-corrected chi connectivity index (χ1v) is 23.9. The third kappa shape index (κ3) is 5.06. The summed E-state index contributed by atoms with van der Waals surface area (Å²) in [6.45, 7) is 0. The van der Waals surface area contributed by atoms with Crippen LogP contribution in [0.15, 0.2) is 237 Å². The zero-order chi connectivity index (χ0) is 44.9. The van der Waals surface area contributed by atoms with Crippen molar-refractivity contribution in [1.29, 1.82) is 0 Å². The van der Waals surface area contributed by atoms with Crippen LogP contribution in [0.5, 0.6) is 0 Å². The lowest BCUT2D eigenvalue weighted by molar-refractivity contribution is 1.18. The maximum absolute atomic E-state index is 2.46. The van der Waals surface area contributed by atoms with E-state index in [0.29, 0.717) is 0 Å². The first-order valence-electron chi connectivity index (χ1n) is 23.9. The monoisotopic (exact) mass is 873 g/mol. The van der Waals surface area contributed by atoms with Crippen LogP contribution in [0.3, 0.4) is 0 Å². The third-order valence-electron chi connectivity index (χ3n) is 15.3. The Bertz CT molecular complexity index is 4790. The number of rotatable bonds is 4. The van der Waals surface area contributed by atoms with Gasteiger partial charge in [-0.2, -0.15) is 0 Å². The van der Waals surface area contributed by atoms with Gasteiger partial charge in [-0.05, 0) is 127 Å². The van der Waals surface area contributed by atoms with Gasteiger partial charge in [0.2, 0.25) is 0 Å². The molecule has 12 aromatic carbocycles. The van der Waals surface area contributed by atoms with Crippen molar-refractivity contribution in [3.8, 4) is 33.6 Å². The van der Waals surface area contributed by atoms with E-state index in [1.807, 2.05) is 0 Å².